The molecule has 84 valence electrons. The molecule has 0 amide bonds. The van der Waals surface area contributed by atoms with Gasteiger partial charge in [0.25, 0.3) is 0 Å². The summed E-state index contributed by atoms with van der Waals surface area (Å²) in [6, 6.07) is 10.2. The lowest BCUT2D eigenvalue weighted by atomic mass is 10.1. The molecule has 0 radical (unpaired) electrons. The molecule has 1 aromatic carbocycles. The minimum Gasteiger partial charge on any atom is -0.301 e. The van der Waals surface area contributed by atoms with Crippen LogP contribution in [0, 0.1) is 19.3 Å². The van der Waals surface area contributed by atoms with Crippen molar-refractivity contribution in [3.8, 4) is 10.6 Å². The zero-order chi connectivity index (χ0) is 12.0. The molecule has 1 heterocycles. The predicted octanol–water partition coefficient (Wildman–Crippen LogP) is 3.50. The molecule has 3 rings (SSSR count). The van der Waals surface area contributed by atoms with Crippen LogP contribution >= 0.6 is 11.3 Å². The summed E-state index contributed by atoms with van der Waals surface area (Å²) in [4.78, 5) is 5.73. The van der Waals surface area contributed by atoms with Gasteiger partial charge in [-0.2, -0.15) is 0 Å². The lowest BCUT2D eigenvalue weighted by Gasteiger charge is -2.07. The second-order valence-corrected chi connectivity index (χ2v) is 5.40. The summed E-state index contributed by atoms with van der Waals surface area (Å²) in [6.45, 7) is 4.04. The van der Waals surface area contributed by atoms with Gasteiger partial charge < -0.3 is 5.41 Å². The van der Waals surface area contributed by atoms with Crippen LogP contribution in [0.4, 0.5) is 0 Å². The number of nitrogens with one attached hydrogen (secondary N) is 1. The van der Waals surface area contributed by atoms with Crippen LogP contribution in [0.2, 0.25) is 0 Å². The van der Waals surface area contributed by atoms with Crippen molar-refractivity contribution in [3.63, 3.8) is 0 Å². The maximum atomic E-state index is 7.83. The summed E-state index contributed by atoms with van der Waals surface area (Å²) in [5.41, 5.74) is 4.24. The summed E-state index contributed by atoms with van der Waals surface area (Å²) in [5, 5.41) is 8.42. The first-order chi connectivity index (χ1) is 8.13. The van der Waals surface area contributed by atoms with E-state index in [-0.39, 0.29) is 0 Å². The molecule has 0 fully saturated rings. The summed E-state index contributed by atoms with van der Waals surface area (Å²) >= 11 is 1.71. The van der Waals surface area contributed by atoms with Gasteiger partial charge in [-0.15, -0.1) is 11.3 Å². The van der Waals surface area contributed by atoms with Crippen LogP contribution in [0.1, 0.15) is 11.1 Å². The Morgan fingerprint density at radius 3 is 2.76 bits per heavy atom. The van der Waals surface area contributed by atoms with E-state index in [1.165, 1.54) is 10.3 Å². The third-order valence-electron chi connectivity index (χ3n) is 2.88. The van der Waals surface area contributed by atoms with Gasteiger partial charge in [-0.25, -0.2) is 4.98 Å². The van der Waals surface area contributed by atoms with Crippen LogP contribution in [0.25, 0.3) is 20.8 Å². The Morgan fingerprint density at radius 1 is 1.12 bits per heavy atom. The number of nitrogens with zero attached hydrogens (tertiary/aromatic N) is 1. The predicted molar refractivity (Wildman–Crippen MR) is 71.6 cm³/mol. The number of hydrogen-bond donors (Lipinski definition) is 1. The third kappa shape index (κ3) is 1.72. The standard InChI is InChI=1S/C14H12N2S/c1-8-3-4-11-13(5-8)17-14-7-10(15)9(2)6-12(14)16-11/h3-7,15H,1-2H3. The molecule has 0 unspecified atom stereocenters. The molecule has 0 aromatic heterocycles. The van der Waals surface area contributed by atoms with Gasteiger partial charge in [0.1, 0.15) is 0 Å². The Kier molecular flexibility index (Phi) is 2.23. The third-order valence-corrected chi connectivity index (χ3v) is 3.98. The van der Waals surface area contributed by atoms with E-state index < -0.39 is 0 Å². The topological polar surface area (TPSA) is 36.7 Å². The average molecular weight is 240 g/mol. The van der Waals surface area contributed by atoms with Crippen LogP contribution in [-0.2, 0) is 0 Å². The first-order valence-corrected chi connectivity index (χ1v) is 6.31. The Morgan fingerprint density at radius 2 is 1.94 bits per heavy atom. The fourth-order valence-corrected chi connectivity index (χ4v) is 2.97. The molecule has 0 spiro atoms. The normalized spacial score (nSPS) is 11.2. The number of hydrogen-bond acceptors (Lipinski definition) is 3. The van der Waals surface area contributed by atoms with Crippen LogP contribution in [0.5, 0.6) is 0 Å². The quantitative estimate of drug-likeness (QED) is 0.600. The Labute approximate surface area is 103 Å². The average Bonchev–Trinajstić information content (AvgIpc) is 2.28. The van der Waals surface area contributed by atoms with Crippen molar-refractivity contribution in [2.24, 2.45) is 0 Å². The zero-order valence-electron chi connectivity index (χ0n) is 9.74. The van der Waals surface area contributed by atoms with E-state index in [4.69, 9.17) is 5.41 Å². The van der Waals surface area contributed by atoms with Gasteiger partial charge in [0.15, 0.2) is 0 Å². The van der Waals surface area contributed by atoms with Crippen LogP contribution < -0.4 is 5.36 Å². The molecule has 1 aliphatic carbocycles. The molecule has 2 nitrogen and oxygen atoms in total. The van der Waals surface area contributed by atoms with Crippen molar-refractivity contribution >= 4 is 21.6 Å². The molecular weight excluding hydrogens is 228 g/mol. The monoisotopic (exact) mass is 240 g/mol. The van der Waals surface area contributed by atoms with Gasteiger partial charge in [-0.05, 0) is 49.2 Å². The van der Waals surface area contributed by atoms with Crippen molar-refractivity contribution in [3.05, 3.63) is 46.8 Å². The highest BCUT2D eigenvalue weighted by atomic mass is 32.1. The molecule has 0 saturated heterocycles. The number of rotatable bonds is 0. The van der Waals surface area contributed by atoms with Gasteiger partial charge in [0, 0.05) is 0 Å². The van der Waals surface area contributed by atoms with E-state index in [0.29, 0.717) is 5.36 Å². The molecular formula is C14H12N2S. The molecule has 0 atom stereocenters. The molecule has 1 aliphatic heterocycles. The second-order valence-electron chi connectivity index (χ2n) is 4.32. The molecule has 1 N–H and O–H groups in total. The molecule has 1 aromatic rings. The van der Waals surface area contributed by atoms with Gasteiger partial charge in [-0.3, -0.25) is 0 Å². The summed E-state index contributed by atoms with van der Waals surface area (Å²) in [7, 11) is 0. The molecule has 3 heteroatoms. The van der Waals surface area contributed by atoms with Gasteiger partial charge >= 0.3 is 0 Å². The van der Waals surface area contributed by atoms with Crippen molar-refractivity contribution in [2.45, 2.75) is 13.8 Å². The summed E-state index contributed by atoms with van der Waals surface area (Å²) in [6.07, 6.45) is 0. The number of fused-ring (bicyclic) bond motifs is 2. The van der Waals surface area contributed by atoms with E-state index in [9.17, 15) is 0 Å². The lowest BCUT2D eigenvalue weighted by Crippen LogP contribution is -2.04. The molecule has 2 aliphatic rings. The minimum absolute atomic E-state index is 0.586. The summed E-state index contributed by atoms with van der Waals surface area (Å²) in [5.74, 6) is 0. The lowest BCUT2D eigenvalue weighted by molar-refractivity contribution is 1.20. The maximum Gasteiger partial charge on any atom is 0.0813 e. The van der Waals surface area contributed by atoms with Crippen molar-refractivity contribution in [1.82, 2.24) is 4.98 Å². The van der Waals surface area contributed by atoms with Crippen molar-refractivity contribution in [1.29, 1.82) is 5.41 Å². The summed E-state index contributed by atoms with van der Waals surface area (Å²) < 4.78 is 1.18. The minimum atomic E-state index is 0.586. The highest BCUT2D eigenvalue weighted by Crippen LogP contribution is 2.30. The fraction of sp³-hybridized carbons (Fsp3) is 0.143. The number of benzene rings is 2. The second kappa shape index (κ2) is 3.64. The van der Waals surface area contributed by atoms with E-state index >= 15 is 0 Å². The van der Waals surface area contributed by atoms with E-state index in [2.05, 4.69) is 30.1 Å². The largest absolute Gasteiger partial charge is 0.301 e. The van der Waals surface area contributed by atoms with Crippen molar-refractivity contribution in [2.75, 3.05) is 0 Å². The molecule has 0 bridgehead atoms. The van der Waals surface area contributed by atoms with Gasteiger partial charge in [0.2, 0.25) is 0 Å². The van der Waals surface area contributed by atoms with Gasteiger partial charge in [0.05, 0.1) is 26.1 Å². The SMILES string of the molecule is Cc1ccc2nc3cc(C)c(=N)cc-3sc2c1. The van der Waals surface area contributed by atoms with Crippen LogP contribution in [0.15, 0.2) is 30.3 Å². The van der Waals surface area contributed by atoms with E-state index in [0.717, 1.165) is 21.7 Å². The van der Waals surface area contributed by atoms with Crippen LogP contribution in [0.3, 0.4) is 0 Å². The highest BCUT2D eigenvalue weighted by molar-refractivity contribution is 7.21. The number of aryl methyl sites for hydroxylation is 2. The Balaban J connectivity index is 2.45. The Hall–Kier alpha value is -1.74. The first kappa shape index (κ1) is 10.4. The fourth-order valence-electron chi connectivity index (χ4n) is 1.89. The Bertz CT molecular complexity index is 743. The zero-order valence-corrected chi connectivity index (χ0v) is 10.6. The molecule has 0 saturated carbocycles. The maximum absolute atomic E-state index is 7.83. The van der Waals surface area contributed by atoms with E-state index in [1.807, 2.05) is 19.1 Å². The van der Waals surface area contributed by atoms with Gasteiger partial charge in [-0.1, -0.05) is 6.07 Å². The highest BCUT2D eigenvalue weighted by Gasteiger charge is 2.08. The van der Waals surface area contributed by atoms with E-state index in [1.54, 1.807) is 11.3 Å². The smallest absolute Gasteiger partial charge is 0.0813 e. The first-order valence-electron chi connectivity index (χ1n) is 5.50. The molecule has 17 heavy (non-hydrogen) atoms. The number of aromatic nitrogens is 1. The van der Waals surface area contributed by atoms with Crippen LogP contribution in [-0.4, -0.2) is 4.98 Å². The van der Waals surface area contributed by atoms with Crippen molar-refractivity contribution < 1.29 is 0 Å².